The number of hydrogen-bond donors (Lipinski definition) is 0. The van der Waals surface area contributed by atoms with Gasteiger partial charge in [-0.15, -0.1) is 4.98 Å². The van der Waals surface area contributed by atoms with Crippen molar-refractivity contribution in [1.29, 1.82) is 0 Å². The van der Waals surface area contributed by atoms with Gasteiger partial charge in [-0.05, 0) is 41.0 Å². The molecule has 1 aliphatic heterocycles. The molecule has 4 heterocycles. The molecule has 1 fully saturated rings. The molecule has 0 aromatic carbocycles. The molecular weight excluding hydrogens is 426 g/mol. The number of amides is 1. The number of hydrogen-bond acceptors (Lipinski definition) is 6. The Morgan fingerprint density at radius 3 is 2.78 bits per heavy atom. The van der Waals surface area contributed by atoms with Crippen molar-refractivity contribution < 1.29 is 14.1 Å². The average Bonchev–Trinajstić information content (AvgIpc) is 3.41. The summed E-state index contributed by atoms with van der Waals surface area (Å²) in [6.07, 6.45) is 4.37. The highest BCUT2D eigenvalue weighted by Gasteiger charge is 2.33. The molecule has 4 rings (SSSR count). The Labute approximate surface area is 192 Å². The van der Waals surface area contributed by atoms with Crippen LogP contribution >= 0.6 is 11.8 Å². The van der Waals surface area contributed by atoms with E-state index in [0.29, 0.717) is 13.1 Å². The van der Waals surface area contributed by atoms with E-state index in [1.54, 1.807) is 16.7 Å². The van der Waals surface area contributed by atoms with Crippen LogP contribution in [0.4, 0.5) is 4.79 Å². The molecule has 1 aliphatic rings. The molecule has 0 spiro atoms. The summed E-state index contributed by atoms with van der Waals surface area (Å²) >= 11 is 1.69. The van der Waals surface area contributed by atoms with Gasteiger partial charge in [0, 0.05) is 30.6 Å². The first-order valence-electron chi connectivity index (χ1n) is 11.0. The molecule has 1 unspecified atom stereocenters. The van der Waals surface area contributed by atoms with Crippen LogP contribution in [0.5, 0.6) is 0 Å². The lowest BCUT2D eigenvalue weighted by molar-refractivity contribution is -0.651. The fraction of sp³-hybridized carbons (Fsp3) is 0.591. The number of fused-ring (bicyclic) bond motifs is 1. The summed E-state index contributed by atoms with van der Waals surface area (Å²) < 4.78 is 11.6. The second kappa shape index (κ2) is 8.38. The van der Waals surface area contributed by atoms with Crippen LogP contribution in [-0.4, -0.2) is 59.2 Å². The summed E-state index contributed by atoms with van der Waals surface area (Å²) in [5.41, 5.74) is 3.51. The Bertz CT molecular complexity index is 1160. The average molecular weight is 459 g/mol. The Morgan fingerprint density at radius 2 is 2.12 bits per heavy atom. The normalized spacial score (nSPS) is 16.8. The van der Waals surface area contributed by atoms with Gasteiger partial charge in [-0.1, -0.05) is 11.8 Å². The second-order valence-corrected chi connectivity index (χ2v) is 10.5. The minimum absolute atomic E-state index is 0.248. The van der Waals surface area contributed by atoms with Crippen LogP contribution in [0.3, 0.4) is 0 Å². The predicted molar refractivity (Wildman–Crippen MR) is 123 cm³/mol. The number of rotatable bonds is 4. The van der Waals surface area contributed by atoms with E-state index in [1.165, 1.54) is 0 Å². The zero-order valence-electron chi connectivity index (χ0n) is 19.9. The highest BCUT2D eigenvalue weighted by atomic mass is 32.2. The molecule has 0 N–H and O–H groups in total. The van der Waals surface area contributed by atoms with Crippen molar-refractivity contribution in [1.82, 2.24) is 29.2 Å². The van der Waals surface area contributed by atoms with Crippen LogP contribution in [0.15, 0.2) is 17.6 Å². The molecule has 0 bridgehead atoms. The predicted octanol–water partition coefficient (Wildman–Crippen LogP) is 3.09. The number of nitrogens with zero attached hydrogens (tertiary/aromatic N) is 7. The van der Waals surface area contributed by atoms with Crippen LogP contribution in [-0.2, 0) is 25.4 Å². The van der Waals surface area contributed by atoms with E-state index in [-0.39, 0.29) is 11.3 Å². The van der Waals surface area contributed by atoms with E-state index < -0.39 is 5.60 Å². The van der Waals surface area contributed by atoms with Crippen LogP contribution in [0.1, 0.15) is 39.8 Å². The minimum atomic E-state index is -0.488. The molecule has 9 nitrogen and oxygen atoms in total. The molecule has 0 radical (unpaired) electrons. The van der Waals surface area contributed by atoms with Crippen LogP contribution < -0.4 is 4.57 Å². The fourth-order valence-corrected chi connectivity index (χ4v) is 5.23. The Balaban J connectivity index is 1.61. The van der Waals surface area contributed by atoms with Gasteiger partial charge in [0.15, 0.2) is 5.52 Å². The highest BCUT2D eigenvalue weighted by molar-refractivity contribution is 8.00. The van der Waals surface area contributed by atoms with E-state index in [4.69, 9.17) is 9.72 Å². The standard InChI is InChI=1S/C22H32N7O2S/c1-8-29-14(2)16(11-24-29)18-25-17-19(23-13-26(6)20(17)27(18)7)32-15-9-10-28(12-15)21(30)31-22(3,4)5/h11,13,15H,8-10,12H2,1-7H3/q+1. The van der Waals surface area contributed by atoms with E-state index in [0.717, 1.165) is 46.2 Å². The maximum Gasteiger partial charge on any atom is 0.410 e. The maximum absolute atomic E-state index is 12.4. The van der Waals surface area contributed by atoms with Crippen molar-refractivity contribution in [2.24, 2.45) is 14.1 Å². The Hall–Kier alpha value is -2.62. The first-order valence-corrected chi connectivity index (χ1v) is 11.9. The Morgan fingerprint density at radius 1 is 1.38 bits per heavy atom. The van der Waals surface area contributed by atoms with Crippen molar-refractivity contribution in [3.8, 4) is 11.4 Å². The van der Waals surface area contributed by atoms with Gasteiger partial charge in [0.25, 0.3) is 5.65 Å². The first kappa shape index (κ1) is 22.6. The van der Waals surface area contributed by atoms with Gasteiger partial charge in [-0.3, -0.25) is 4.68 Å². The molecule has 1 atom stereocenters. The molecular formula is C22H32N7O2S+. The third kappa shape index (κ3) is 4.20. The number of thioether (sulfide) groups is 1. The topological polar surface area (TPSA) is 81.9 Å². The summed E-state index contributed by atoms with van der Waals surface area (Å²) in [6.45, 7) is 12.0. The molecule has 172 valence electrons. The van der Waals surface area contributed by atoms with Crippen molar-refractivity contribution in [2.75, 3.05) is 13.1 Å². The number of aryl methyl sites for hydroxylation is 3. The zero-order valence-corrected chi connectivity index (χ0v) is 20.7. The molecule has 0 aliphatic carbocycles. The van der Waals surface area contributed by atoms with Gasteiger partial charge < -0.3 is 9.64 Å². The summed E-state index contributed by atoms with van der Waals surface area (Å²) in [5, 5.41) is 5.62. The van der Waals surface area contributed by atoms with Crippen molar-refractivity contribution in [3.63, 3.8) is 0 Å². The SMILES string of the molecule is CCn1ncc(-c2nc3c(SC4CCN(C(=O)OC(C)(C)C)C4)nc[n+](C)c3n2C)c1C. The molecule has 3 aromatic rings. The summed E-state index contributed by atoms with van der Waals surface area (Å²) in [5.74, 6) is 0.879. The van der Waals surface area contributed by atoms with E-state index in [2.05, 4.69) is 28.5 Å². The fourth-order valence-electron chi connectivity index (χ4n) is 4.08. The lowest BCUT2D eigenvalue weighted by atomic mass is 10.2. The molecule has 0 saturated carbocycles. The third-order valence-electron chi connectivity index (χ3n) is 5.67. The van der Waals surface area contributed by atoms with Crippen LogP contribution in [0, 0.1) is 6.92 Å². The van der Waals surface area contributed by atoms with Gasteiger partial charge in [-0.25, -0.2) is 18.9 Å². The number of ether oxygens (including phenoxy) is 1. The van der Waals surface area contributed by atoms with E-state index >= 15 is 0 Å². The third-order valence-corrected chi connectivity index (χ3v) is 6.91. The number of carbonyl (C=O) groups is 1. The quantitative estimate of drug-likeness (QED) is 0.441. The van der Waals surface area contributed by atoms with Crippen molar-refractivity contribution in [2.45, 2.75) is 63.5 Å². The molecule has 32 heavy (non-hydrogen) atoms. The van der Waals surface area contributed by atoms with Gasteiger partial charge in [0.2, 0.25) is 17.2 Å². The smallest absolute Gasteiger partial charge is 0.410 e. The monoisotopic (exact) mass is 458 g/mol. The zero-order chi connectivity index (χ0) is 23.2. The largest absolute Gasteiger partial charge is 0.444 e. The van der Waals surface area contributed by atoms with Gasteiger partial charge in [0.05, 0.1) is 25.9 Å². The summed E-state index contributed by atoms with van der Waals surface area (Å²) in [6, 6.07) is 0. The van der Waals surface area contributed by atoms with E-state index in [9.17, 15) is 4.79 Å². The Kier molecular flexibility index (Phi) is 5.91. The van der Waals surface area contributed by atoms with Crippen LogP contribution in [0.2, 0.25) is 0 Å². The summed E-state index contributed by atoms with van der Waals surface area (Å²) in [7, 11) is 4.01. The van der Waals surface area contributed by atoms with Crippen molar-refractivity contribution >= 4 is 29.0 Å². The highest BCUT2D eigenvalue weighted by Crippen LogP contribution is 2.34. The van der Waals surface area contributed by atoms with Gasteiger partial charge in [0.1, 0.15) is 5.60 Å². The number of likely N-dealkylation sites (tertiary alicyclic amines) is 1. The number of aromatic nitrogens is 6. The maximum atomic E-state index is 12.4. The molecule has 10 heteroatoms. The van der Waals surface area contributed by atoms with Crippen molar-refractivity contribution in [3.05, 3.63) is 18.2 Å². The molecule has 1 saturated heterocycles. The lowest BCUT2D eigenvalue weighted by Crippen LogP contribution is -2.35. The second-order valence-electron chi connectivity index (χ2n) is 9.24. The molecule has 3 aromatic heterocycles. The van der Waals surface area contributed by atoms with E-state index in [1.807, 2.05) is 56.6 Å². The van der Waals surface area contributed by atoms with Gasteiger partial charge in [-0.2, -0.15) is 5.10 Å². The lowest BCUT2D eigenvalue weighted by Gasteiger charge is -2.24. The summed E-state index contributed by atoms with van der Waals surface area (Å²) in [4.78, 5) is 23.9. The number of imidazole rings is 1. The first-order chi connectivity index (χ1) is 15.1. The molecule has 1 amide bonds. The van der Waals surface area contributed by atoms with Crippen LogP contribution in [0.25, 0.3) is 22.6 Å². The minimum Gasteiger partial charge on any atom is -0.444 e. The van der Waals surface area contributed by atoms with Gasteiger partial charge >= 0.3 is 6.09 Å². The number of carbonyl (C=O) groups excluding carboxylic acids is 1.